The predicted octanol–water partition coefficient (Wildman–Crippen LogP) is 3.22. The SMILES string of the molecule is Cc1cc(Cl)ccc1C(CN)CNC(=O)OC(C)(C)C. The van der Waals surface area contributed by atoms with Gasteiger partial charge in [-0.2, -0.15) is 0 Å². The van der Waals surface area contributed by atoms with Crippen molar-refractivity contribution in [3.05, 3.63) is 34.3 Å². The van der Waals surface area contributed by atoms with Gasteiger partial charge in [-0.3, -0.25) is 0 Å². The minimum absolute atomic E-state index is 0.0415. The number of aryl methyl sites for hydroxylation is 1. The molecule has 0 aliphatic carbocycles. The molecule has 0 saturated carbocycles. The van der Waals surface area contributed by atoms with Crippen LogP contribution in [0.1, 0.15) is 37.8 Å². The largest absolute Gasteiger partial charge is 0.444 e. The van der Waals surface area contributed by atoms with E-state index in [1.54, 1.807) is 0 Å². The Bertz CT molecular complexity index is 469. The van der Waals surface area contributed by atoms with Crippen molar-refractivity contribution in [3.8, 4) is 0 Å². The number of nitrogens with two attached hydrogens (primary N) is 1. The normalized spacial score (nSPS) is 12.9. The molecule has 0 saturated heterocycles. The number of alkyl carbamates (subject to hydrolysis) is 1. The number of carbonyl (C=O) groups excluding carboxylic acids is 1. The maximum atomic E-state index is 11.7. The molecule has 1 rings (SSSR count). The first-order valence-electron chi connectivity index (χ1n) is 6.66. The summed E-state index contributed by atoms with van der Waals surface area (Å²) in [6.45, 7) is 8.35. The molecule has 0 radical (unpaired) electrons. The highest BCUT2D eigenvalue weighted by Gasteiger charge is 2.18. The van der Waals surface area contributed by atoms with Crippen LogP contribution >= 0.6 is 11.6 Å². The minimum Gasteiger partial charge on any atom is -0.444 e. The molecular weight excluding hydrogens is 276 g/mol. The third kappa shape index (κ3) is 5.39. The smallest absolute Gasteiger partial charge is 0.407 e. The Morgan fingerprint density at radius 2 is 2.10 bits per heavy atom. The molecule has 0 spiro atoms. The molecule has 5 heteroatoms. The van der Waals surface area contributed by atoms with Crippen LogP contribution in [0.3, 0.4) is 0 Å². The van der Waals surface area contributed by atoms with Crippen molar-refractivity contribution in [1.82, 2.24) is 5.32 Å². The molecule has 1 atom stereocenters. The fraction of sp³-hybridized carbons (Fsp3) is 0.533. The van der Waals surface area contributed by atoms with Gasteiger partial charge >= 0.3 is 6.09 Å². The number of hydrogen-bond donors (Lipinski definition) is 2. The highest BCUT2D eigenvalue weighted by molar-refractivity contribution is 6.30. The topological polar surface area (TPSA) is 64.3 Å². The maximum absolute atomic E-state index is 11.7. The highest BCUT2D eigenvalue weighted by atomic mass is 35.5. The molecular formula is C15H23ClN2O2. The average molecular weight is 299 g/mol. The molecule has 0 aliphatic rings. The Morgan fingerprint density at radius 3 is 2.60 bits per heavy atom. The van der Waals surface area contributed by atoms with Crippen LogP contribution < -0.4 is 11.1 Å². The molecule has 1 amide bonds. The third-order valence-electron chi connectivity index (χ3n) is 2.85. The van der Waals surface area contributed by atoms with Crippen molar-refractivity contribution < 1.29 is 9.53 Å². The van der Waals surface area contributed by atoms with E-state index in [1.165, 1.54) is 0 Å². The second-order valence-corrected chi connectivity index (χ2v) is 6.25. The molecule has 1 unspecified atom stereocenters. The van der Waals surface area contributed by atoms with Crippen molar-refractivity contribution in [3.63, 3.8) is 0 Å². The molecule has 3 N–H and O–H groups in total. The van der Waals surface area contributed by atoms with E-state index in [4.69, 9.17) is 22.1 Å². The molecule has 112 valence electrons. The van der Waals surface area contributed by atoms with Crippen LogP contribution in [0.5, 0.6) is 0 Å². The molecule has 0 bridgehead atoms. The number of nitrogens with one attached hydrogen (secondary N) is 1. The third-order valence-corrected chi connectivity index (χ3v) is 3.08. The van der Waals surface area contributed by atoms with Crippen molar-refractivity contribution in [2.45, 2.75) is 39.2 Å². The van der Waals surface area contributed by atoms with Crippen LogP contribution in [0, 0.1) is 6.92 Å². The summed E-state index contributed by atoms with van der Waals surface area (Å²) < 4.78 is 5.21. The lowest BCUT2D eigenvalue weighted by Gasteiger charge is -2.22. The quantitative estimate of drug-likeness (QED) is 0.897. The number of rotatable bonds is 4. The molecule has 1 aromatic rings. The Labute approximate surface area is 125 Å². The van der Waals surface area contributed by atoms with Crippen molar-refractivity contribution in [1.29, 1.82) is 0 Å². The number of amides is 1. The Balaban J connectivity index is 2.66. The van der Waals surface area contributed by atoms with Gasteiger partial charge in [-0.25, -0.2) is 4.79 Å². The fourth-order valence-electron chi connectivity index (χ4n) is 1.94. The number of benzene rings is 1. The monoisotopic (exact) mass is 298 g/mol. The lowest BCUT2D eigenvalue weighted by Crippen LogP contribution is -2.36. The minimum atomic E-state index is -0.502. The molecule has 1 aromatic carbocycles. The van der Waals surface area contributed by atoms with Gasteiger partial charge in [-0.05, 0) is 51.0 Å². The molecule has 0 heterocycles. The number of hydrogen-bond acceptors (Lipinski definition) is 3. The van der Waals surface area contributed by atoms with Crippen LogP contribution in [-0.4, -0.2) is 24.8 Å². The Hall–Kier alpha value is -1.26. The van der Waals surface area contributed by atoms with Gasteiger partial charge in [-0.1, -0.05) is 17.7 Å². The van der Waals surface area contributed by atoms with Gasteiger partial charge in [0.1, 0.15) is 5.60 Å². The van der Waals surface area contributed by atoms with E-state index < -0.39 is 11.7 Å². The summed E-state index contributed by atoms with van der Waals surface area (Å²) in [5.74, 6) is 0.0415. The van der Waals surface area contributed by atoms with Gasteiger partial charge in [0.15, 0.2) is 0 Å². The number of ether oxygens (including phenoxy) is 1. The van der Waals surface area contributed by atoms with Crippen molar-refractivity contribution in [2.75, 3.05) is 13.1 Å². The standard InChI is InChI=1S/C15H23ClN2O2/c1-10-7-12(16)5-6-13(10)11(8-17)9-18-14(19)20-15(2,3)4/h5-7,11H,8-9,17H2,1-4H3,(H,18,19). The average Bonchev–Trinajstić information content (AvgIpc) is 2.29. The Kier molecular flexibility index (Phi) is 5.84. The second kappa shape index (κ2) is 6.95. The zero-order valence-corrected chi connectivity index (χ0v) is 13.3. The van der Waals surface area contributed by atoms with Gasteiger partial charge in [0.05, 0.1) is 0 Å². The van der Waals surface area contributed by atoms with E-state index in [0.717, 1.165) is 11.1 Å². The van der Waals surface area contributed by atoms with Crippen LogP contribution in [0.15, 0.2) is 18.2 Å². The van der Waals surface area contributed by atoms with Crippen LogP contribution in [0.4, 0.5) is 4.79 Å². The van der Waals surface area contributed by atoms with Gasteiger partial charge in [0, 0.05) is 24.0 Å². The summed E-state index contributed by atoms with van der Waals surface area (Å²) in [5.41, 5.74) is 7.46. The summed E-state index contributed by atoms with van der Waals surface area (Å²) in [5, 5.41) is 3.45. The first kappa shape index (κ1) is 16.8. The van der Waals surface area contributed by atoms with Gasteiger partial charge < -0.3 is 15.8 Å². The summed E-state index contributed by atoms with van der Waals surface area (Å²) >= 11 is 5.94. The van der Waals surface area contributed by atoms with Crippen LogP contribution in [0.25, 0.3) is 0 Å². The van der Waals surface area contributed by atoms with Gasteiger partial charge in [0.25, 0.3) is 0 Å². The molecule has 0 fully saturated rings. The van der Waals surface area contributed by atoms with E-state index in [0.29, 0.717) is 18.1 Å². The van der Waals surface area contributed by atoms with E-state index in [9.17, 15) is 4.79 Å². The second-order valence-electron chi connectivity index (χ2n) is 5.82. The summed E-state index contributed by atoms with van der Waals surface area (Å²) in [4.78, 5) is 11.7. The van der Waals surface area contributed by atoms with E-state index in [1.807, 2.05) is 45.9 Å². The summed E-state index contributed by atoms with van der Waals surface area (Å²) in [6.07, 6.45) is -0.428. The van der Waals surface area contributed by atoms with E-state index >= 15 is 0 Å². The van der Waals surface area contributed by atoms with Gasteiger partial charge in [0.2, 0.25) is 0 Å². The van der Waals surface area contributed by atoms with Crippen molar-refractivity contribution in [2.24, 2.45) is 5.73 Å². The predicted molar refractivity (Wildman–Crippen MR) is 82.2 cm³/mol. The van der Waals surface area contributed by atoms with Crippen molar-refractivity contribution >= 4 is 17.7 Å². The molecule has 4 nitrogen and oxygen atoms in total. The van der Waals surface area contributed by atoms with E-state index in [2.05, 4.69) is 5.32 Å². The van der Waals surface area contributed by atoms with Crippen LogP contribution in [-0.2, 0) is 4.74 Å². The van der Waals surface area contributed by atoms with E-state index in [-0.39, 0.29) is 5.92 Å². The zero-order chi connectivity index (χ0) is 15.3. The summed E-state index contributed by atoms with van der Waals surface area (Å²) in [6, 6.07) is 5.68. The number of carbonyl (C=O) groups is 1. The number of halogens is 1. The fourth-order valence-corrected chi connectivity index (χ4v) is 2.16. The van der Waals surface area contributed by atoms with Crippen LogP contribution in [0.2, 0.25) is 5.02 Å². The first-order chi connectivity index (χ1) is 9.23. The first-order valence-corrected chi connectivity index (χ1v) is 7.03. The zero-order valence-electron chi connectivity index (χ0n) is 12.5. The molecule has 0 aromatic heterocycles. The molecule has 0 aliphatic heterocycles. The van der Waals surface area contributed by atoms with Gasteiger partial charge in [-0.15, -0.1) is 0 Å². The lowest BCUT2D eigenvalue weighted by atomic mass is 9.95. The maximum Gasteiger partial charge on any atom is 0.407 e. The Morgan fingerprint density at radius 1 is 1.45 bits per heavy atom. The lowest BCUT2D eigenvalue weighted by molar-refractivity contribution is 0.0525. The summed E-state index contributed by atoms with van der Waals surface area (Å²) in [7, 11) is 0. The highest BCUT2D eigenvalue weighted by Crippen LogP contribution is 2.22. The molecule has 20 heavy (non-hydrogen) atoms.